The monoisotopic (exact) mass is 248 g/mol. The minimum Gasteiger partial charge on any atom is -0.310 e. The van der Waals surface area contributed by atoms with Gasteiger partial charge in [-0.25, -0.2) is 4.39 Å². The van der Waals surface area contributed by atoms with Crippen molar-refractivity contribution < 1.29 is 4.39 Å². The molecular weight excluding hydrogens is 227 g/mol. The van der Waals surface area contributed by atoms with Crippen molar-refractivity contribution in [2.24, 2.45) is 17.8 Å². The second-order valence-corrected chi connectivity index (χ2v) is 5.77. The van der Waals surface area contributed by atoms with Gasteiger partial charge in [0.2, 0.25) is 0 Å². The van der Waals surface area contributed by atoms with E-state index >= 15 is 0 Å². The summed E-state index contributed by atoms with van der Waals surface area (Å²) in [4.78, 5) is 3.86. The summed E-state index contributed by atoms with van der Waals surface area (Å²) in [7, 11) is 0. The Balaban J connectivity index is 1.86. The van der Waals surface area contributed by atoms with Gasteiger partial charge >= 0.3 is 0 Å². The predicted molar refractivity (Wildman–Crippen MR) is 69.6 cm³/mol. The molecule has 3 heteroatoms. The average molecular weight is 248 g/mol. The van der Waals surface area contributed by atoms with Gasteiger partial charge in [0.25, 0.3) is 0 Å². The summed E-state index contributed by atoms with van der Waals surface area (Å²) in [6.07, 6.45) is 8.40. The van der Waals surface area contributed by atoms with Gasteiger partial charge in [-0.2, -0.15) is 0 Å². The molecule has 2 aliphatic carbocycles. The van der Waals surface area contributed by atoms with Crippen LogP contribution in [0.3, 0.4) is 0 Å². The zero-order chi connectivity index (χ0) is 12.5. The summed E-state index contributed by atoms with van der Waals surface area (Å²) in [5.74, 6) is 2.14. The van der Waals surface area contributed by atoms with Crippen LogP contribution >= 0.6 is 0 Å². The molecule has 3 rings (SSSR count). The Morgan fingerprint density at radius 2 is 2.33 bits per heavy atom. The molecule has 1 N–H and O–H groups in total. The Bertz CT molecular complexity index is 421. The zero-order valence-electron chi connectivity index (χ0n) is 10.9. The SMILES string of the molecule is CCNC(c1ccncc1F)C1CC2CCC1C2. The molecule has 98 valence electrons. The lowest BCUT2D eigenvalue weighted by atomic mass is 9.80. The molecule has 0 amide bonds. The Morgan fingerprint density at radius 3 is 2.94 bits per heavy atom. The van der Waals surface area contributed by atoms with Gasteiger partial charge in [-0.15, -0.1) is 0 Å². The minimum absolute atomic E-state index is 0.161. The van der Waals surface area contributed by atoms with E-state index in [1.54, 1.807) is 6.20 Å². The smallest absolute Gasteiger partial charge is 0.146 e. The summed E-state index contributed by atoms with van der Waals surface area (Å²) in [6.45, 7) is 2.99. The van der Waals surface area contributed by atoms with E-state index < -0.39 is 0 Å². The van der Waals surface area contributed by atoms with Gasteiger partial charge in [-0.3, -0.25) is 4.98 Å². The first kappa shape index (κ1) is 12.1. The molecule has 0 spiro atoms. The Kier molecular flexibility index (Phi) is 3.33. The highest BCUT2D eigenvalue weighted by atomic mass is 19.1. The highest BCUT2D eigenvalue weighted by Crippen LogP contribution is 2.52. The second-order valence-electron chi connectivity index (χ2n) is 5.77. The summed E-state index contributed by atoms with van der Waals surface area (Å²) in [5.41, 5.74) is 0.810. The van der Waals surface area contributed by atoms with Crippen LogP contribution in [-0.4, -0.2) is 11.5 Å². The van der Waals surface area contributed by atoms with E-state index in [2.05, 4.69) is 17.2 Å². The van der Waals surface area contributed by atoms with E-state index in [9.17, 15) is 4.39 Å². The number of rotatable bonds is 4. The summed E-state index contributed by atoms with van der Waals surface area (Å²) in [6, 6.07) is 2.02. The number of hydrogen-bond acceptors (Lipinski definition) is 2. The number of hydrogen-bond donors (Lipinski definition) is 1. The Morgan fingerprint density at radius 1 is 1.44 bits per heavy atom. The number of pyridine rings is 1. The molecule has 2 bridgehead atoms. The molecule has 4 unspecified atom stereocenters. The molecule has 1 heterocycles. The van der Waals surface area contributed by atoms with Crippen molar-refractivity contribution in [2.75, 3.05) is 6.54 Å². The van der Waals surface area contributed by atoms with Gasteiger partial charge in [0.15, 0.2) is 0 Å². The second kappa shape index (κ2) is 4.96. The van der Waals surface area contributed by atoms with Crippen LogP contribution in [0.5, 0.6) is 0 Å². The van der Waals surface area contributed by atoms with Gasteiger partial charge < -0.3 is 5.32 Å². The van der Waals surface area contributed by atoms with Crippen molar-refractivity contribution in [3.05, 3.63) is 29.8 Å². The summed E-state index contributed by atoms with van der Waals surface area (Å²) in [5, 5.41) is 3.50. The molecule has 18 heavy (non-hydrogen) atoms. The van der Waals surface area contributed by atoms with E-state index in [-0.39, 0.29) is 11.9 Å². The fraction of sp³-hybridized carbons (Fsp3) is 0.667. The summed E-state index contributed by atoms with van der Waals surface area (Å²) >= 11 is 0. The Labute approximate surface area is 108 Å². The molecule has 0 aromatic carbocycles. The highest BCUT2D eigenvalue weighted by Gasteiger charge is 2.43. The van der Waals surface area contributed by atoms with Gasteiger partial charge in [0, 0.05) is 17.8 Å². The zero-order valence-corrected chi connectivity index (χ0v) is 10.9. The third-order valence-electron chi connectivity index (χ3n) is 4.78. The van der Waals surface area contributed by atoms with Crippen LogP contribution in [0.15, 0.2) is 18.5 Å². The number of aromatic nitrogens is 1. The quantitative estimate of drug-likeness (QED) is 0.884. The Hall–Kier alpha value is -0.960. The maximum Gasteiger partial charge on any atom is 0.146 e. The van der Waals surface area contributed by atoms with Crippen molar-refractivity contribution in [1.29, 1.82) is 0 Å². The fourth-order valence-corrected chi connectivity index (χ4v) is 4.05. The van der Waals surface area contributed by atoms with Crippen LogP contribution < -0.4 is 5.32 Å². The van der Waals surface area contributed by atoms with Crippen LogP contribution in [0.1, 0.15) is 44.2 Å². The standard InChI is InChI=1S/C15H21FN2/c1-2-18-15(12-5-6-17-9-14(12)16)13-8-10-3-4-11(13)7-10/h5-6,9-11,13,15,18H,2-4,7-8H2,1H3. The van der Waals surface area contributed by atoms with Crippen molar-refractivity contribution in [3.63, 3.8) is 0 Å². The van der Waals surface area contributed by atoms with E-state index in [4.69, 9.17) is 0 Å². The number of nitrogens with one attached hydrogen (secondary N) is 1. The lowest BCUT2D eigenvalue weighted by Gasteiger charge is -2.31. The number of halogens is 1. The fourth-order valence-electron chi connectivity index (χ4n) is 4.05. The first-order valence-corrected chi connectivity index (χ1v) is 7.12. The lowest BCUT2D eigenvalue weighted by Crippen LogP contribution is -2.32. The van der Waals surface area contributed by atoms with Gasteiger partial charge in [-0.1, -0.05) is 13.3 Å². The third kappa shape index (κ3) is 2.05. The van der Waals surface area contributed by atoms with Gasteiger partial charge in [0.1, 0.15) is 5.82 Å². The average Bonchev–Trinajstić information content (AvgIpc) is 2.99. The van der Waals surface area contributed by atoms with Crippen molar-refractivity contribution in [2.45, 2.75) is 38.6 Å². The molecule has 2 nitrogen and oxygen atoms in total. The maximum absolute atomic E-state index is 14.0. The topological polar surface area (TPSA) is 24.9 Å². The molecule has 0 radical (unpaired) electrons. The predicted octanol–water partition coefficient (Wildman–Crippen LogP) is 3.31. The molecule has 2 aliphatic rings. The van der Waals surface area contributed by atoms with Crippen LogP contribution in [0.2, 0.25) is 0 Å². The van der Waals surface area contributed by atoms with E-state index in [1.165, 1.54) is 31.9 Å². The molecule has 4 atom stereocenters. The van der Waals surface area contributed by atoms with Crippen molar-refractivity contribution in [1.82, 2.24) is 10.3 Å². The van der Waals surface area contributed by atoms with Gasteiger partial charge in [0.05, 0.1) is 6.20 Å². The van der Waals surface area contributed by atoms with E-state index in [1.807, 2.05) is 6.07 Å². The maximum atomic E-state index is 14.0. The van der Waals surface area contributed by atoms with E-state index in [0.717, 1.165) is 23.9 Å². The van der Waals surface area contributed by atoms with Crippen LogP contribution in [0.4, 0.5) is 4.39 Å². The van der Waals surface area contributed by atoms with Crippen molar-refractivity contribution >= 4 is 0 Å². The highest BCUT2D eigenvalue weighted by molar-refractivity contribution is 5.20. The molecule has 2 fully saturated rings. The summed E-state index contributed by atoms with van der Waals surface area (Å²) < 4.78 is 14.0. The van der Waals surface area contributed by atoms with Crippen LogP contribution in [0.25, 0.3) is 0 Å². The molecule has 0 saturated heterocycles. The van der Waals surface area contributed by atoms with Crippen molar-refractivity contribution in [3.8, 4) is 0 Å². The minimum atomic E-state index is -0.161. The molecule has 0 aliphatic heterocycles. The first-order valence-electron chi connectivity index (χ1n) is 7.12. The third-order valence-corrected chi connectivity index (χ3v) is 4.78. The number of nitrogens with zero attached hydrogens (tertiary/aromatic N) is 1. The molecule has 1 aromatic rings. The lowest BCUT2D eigenvalue weighted by molar-refractivity contribution is 0.248. The normalized spacial score (nSPS) is 31.8. The van der Waals surface area contributed by atoms with Crippen LogP contribution in [-0.2, 0) is 0 Å². The molecule has 2 saturated carbocycles. The van der Waals surface area contributed by atoms with Gasteiger partial charge in [-0.05, 0) is 49.6 Å². The molecular formula is C15H21FN2. The van der Waals surface area contributed by atoms with E-state index in [0.29, 0.717) is 5.92 Å². The molecule has 1 aromatic heterocycles. The number of fused-ring (bicyclic) bond motifs is 2. The first-order chi connectivity index (χ1) is 8.79. The largest absolute Gasteiger partial charge is 0.310 e. The van der Waals surface area contributed by atoms with Crippen LogP contribution in [0, 0.1) is 23.6 Å².